The van der Waals surface area contributed by atoms with E-state index in [1.54, 1.807) is 0 Å². The molecule has 2 aliphatic rings. The maximum absolute atomic E-state index is 5.57. The monoisotopic (exact) mass is 238 g/mol. The van der Waals surface area contributed by atoms with Crippen LogP contribution in [-0.2, 0) is 4.74 Å². The maximum atomic E-state index is 5.57. The third-order valence-corrected chi connectivity index (χ3v) is 4.25. The van der Waals surface area contributed by atoms with E-state index in [0.717, 1.165) is 6.61 Å². The standard InChI is InChI=1S/C7H11IO/c8-7-3-1-2-6(7)9-5-4-7/h6H,1-5H2/t6-,7+/m0/s1. The molecular formula is C7H11IO. The molecule has 1 aliphatic carbocycles. The zero-order chi connectivity index (χ0) is 6.32. The molecule has 0 aromatic carbocycles. The van der Waals surface area contributed by atoms with E-state index in [1.807, 2.05) is 0 Å². The Morgan fingerprint density at radius 2 is 2.33 bits per heavy atom. The van der Waals surface area contributed by atoms with Crippen molar-refractivity contribution in [3.8, 4) is 0 Å². The maximum Gasteiger partial charge on any atom is 0.0721 e. The normalized spacial score (nSPS) is 49.7. The Morgan fingerprint density at radius 1 is 1.44 bits per heavy atom. The van der Waals surface area contributed by atoms with E-state index in [-0.39, 0.29) is 0 Å². The summed E-state index contributed by atoms with van der Waals surface area (Å²) in [7, 11) is 0. The van der Waals surface area contributed by atoms with E-state index in [0.29, 0.717) is 9.53 Å². The molecule has 2 atom stereocenters. The number of rotatable bonds is 0. The molecule has 0 bridgehead atoms. The number of alkyl halides is 1. The summed E-state index contributed by atoms with van der Waals surface area (Å²) in [5.41, 5.74) is 0. The lowest BCUT2D eigenvalue weighted by Crippen LogP contribution is -2.24. The van der Waals surface area contributed by atoms with Gasteiger partial charge in [-0.1, -0.05) is 22.6 Å². The Hall–Kier alpha value is 0.690. The highest BCUT2D eigenvalue weighted by Gasteiger charge is 2.45. The molecule has 9 heavy (non-hydrogen) atoms. The van der Waals surface area contributed by atoms with Crippen LogP contribution in [0.5, 0.6) is 0 Å². The van der Waals surface area contributed by atoms with Crippen molar-refractivity contribution in [2.24, 2.45) is 0 Å². The van der Waals surface area contributed by atoms with Crippen molar-refractivity contribution >= 4 is 22.6 Å². The first-order valence-electron chi connectivity index (χ1n) is 3.62. The van der Waals surface area contributed by atoms with Crippen molar-refractivity contribution in [2.75, 3.05) is 6.61 Å². The number of halogens is 1. The van der Waals surface area contributed by atoms with Gasteiger partial charge in [-0.05, 0) is 25.7 Å². The van der Waals surface area contributed by atoms with Crippen molar-refractivity contribution in [3.63, 3.8) is 0 Å². The van der Waals surface area contributed by atoms with Crippen LogP contribution in [0, 0.1) is 0 Å². The van der Waals surface area contributed by atoms with Crippen LogP contribution in [-0.4, -0.2) is 16.1 Å². The number of fused-ring (bicyclic) bond motifs is 1. The first kappa shape index (κ1) is 6.40. The van der Waals surface area contributed by atoms with Gasteiger partial charge in [-0.25, -0.2) is 0 Å². The zero-order valence-electron chi connectivity index (χ0n) is 5.40. The van der Waals surface area contributed by atoms with Crippen molar-refractivity contribution < 1.29 is 4.74 Å². The van der Waals surface area contributed by atoms with Gasteiger partial charge < -0.3 is 4.74 Å². The van der Waals surface area contributed by atoms with Gasteiger partial charge in [-0.2, -0.15) is 0 Å². The largest absolute Gasteiger partial charge is 0.377 e. The van der Waals surface area contributed by atoms with Gasteiger partial charge in [0.05, 0.1) is 9.53 Å². The fourth-order valence-corrected chi connectivity index (χ4v) is 2.98. The lowest BCUT2D eigenvalue weighted by atomic mass is 10.1. The summed E-state index contributed by atoms with van der Waals surface area (Å²) in [6.07, 6.45) is 5.98. The van der Waals surface area contributed by atoms with Gasteiger partial charge in [0.2, 0.25) is 0 Å². The van der Waals surface area contributed by atoms with Gasteiger partial charge in [0.25, 0.3) is 0 Å². The van der Waals surface area contributed by atoms with Gasteiger partial charge >= 0.3 is 0 Å². The molecule has 0 unspecified atom stereocenters. The first-order chi connectivity index (χ1) is 4.31. The Bertz CT molecular complexity index is 114. The number of hydrogen-bond acceptors (Lipinski definition) is 1. The molecule has 1 saturated heterocycles. The second-order valence-electron chi connectivity index (χ2n) is 3.04. The molecule has 0 radical (unpaired) electrons. The highest BCUT2D eigenvalue weighted by molar-refractivity contribution is 14.1. The summed E-state index contributed by atoms with van der Waals surface area (Å²) in [5.74, 6) is 0. The summed E-state index contributed by atoms with van der Waals surface area (Å²) < 4.78 is 6.13. The highest BCUT2D eigenvalue weighted by Crippen LogP contribution is 2.46. The van der Waals surface area contributed by atoms with Crippen LogP contribution in [0.1, 0.15) is 25.7 Å². The van der Waals surface area contributed by atoms with E-state index < -0.39 is 0 Å². The van der Waals surface area contributed by atoms with Crippen molar-refractivity contribution in [1.82, 2.24) is 0 Å². The van der Waals surface area contributed by atoms with E-state index in [9.17, 15) is 0 Å². The van der Waals surface area contributed by atoms with E-state index >= 15 is 0 Å². The molecule has 52 valence electrons. The Balaban J connectivity index is 2.17. The van der Waals surface area contributed by atoms with Crippen LogP contribution in [0.25, 0.3) is 0 Å². The fraction of sp³-hybridized carbons (Fsp3) is 1.00. The van der Waals surface area contributed by atoms with Gasteiger partial charge in [0.1, 0.15) is 0 Å². The van der Waals surface area contributed by atoms with Crippen molar-refractivity contribution in [1.29, 1.82) is 0 Å². The fourth-order valence-electron chi connectivity index (χ4n) is 1.89. The molecule has 2 rings (SSSR count). The summed E-state index contributed by atoms with van der Waals surface area (Å²) in [4.78, 5) is 0. The van der Waals surface area contributed by atoms with E-state index in [2.05, 4.69) is 22.6 Å². The smallest absolute Gasteiger partial charge is 0.0721 e. The average Bonchev–Trinajstić information content (AvgIpc) is 2.22. The molecule has 2 heteroatoms. The quantitative estimate of drug-likeness (QED) is 0.464. The lowest BCUT2D eigenvalue weighted by Gasteiger charge is -2.18. The number of ether oxygens (including phenoxy) is 1. The lowest BCUT2D eigenvalue weighted by molar-refractivity contribution is 0.110. The summed E-state index contributed by atoms with van der Waals surface area (Å²) in [6, 6.07) is 0. The van der Waals surface area contributed by atoms with E-state index in [1.165, 1.54) is 25.7 Å². The Kier molecular flexibility index (Phi) is 1.49. The van der Waals surface area contributed by atoms with Gasteiger partial charge in [-0.15, -0.1) is 0 Å². The molecule has 1 aliphatic heterocycles. The van der Waals surface area contributed by atoms with Gasteiger partial charge in [0.15, 0.2) is 0 Å². The second-order valence-corrected chi connectivity index (χ2v) is 5.18. The Labute approximate surface area is 69.3 Å². The third kappa shape index (κ3) is 0.909. The molecule has 2 fully saturated rings. The van der Waals surface area contributed by atoms with Crippen LogP contribution in [0.2, 0.25) is 0 Å². The summed E-state index contributed by atoms with van der Waals surface area (Å²) >= 11 is 2.59. The minimum absolute atomic E-state index is 0.553. The molecule has 0 N–H and O–H groups in total. The third-order valence-electron chi connectivity index (χ3n) is 2.47. The molecule has 1 nitrogen and oxygen atoms in total. The van der Waals surface area contributed by atoms with Crippen LogP contribution in [0.15, 0.2) is 0 Å². The molecule has 1 saturated carbocycles. The van der Waals surface area contributed by atoms with Crippen LogP contribution < -0.4 is 0 Å². The molecule has 0 aromatic heterocycles. The number of hydrogen-bond donors (Lipinski definition) is 0. The minimum Gasteiger partial charge on any atom is -0.377 e. The van der Waals surface area contributed by atoms with Crippen molar-refractivity contribution in [2.45, 2.75) is 35.2 Å². The van der Waals surface area contributed by atoms with Gasteiger partial charge in [0, 0.05) is 6.61 Å². The van der Waals surface area contributed by atoms with E-state index in [4.69, 9.17) is 4.74 Å². The zero-order valence-corrected chi connectivity index (χ0v) is 7.56. The minimum atomic E-state index is 0.553. The van der Waals surface area contributed by atoms with Crippen LogP contribution in [0.4, 0.5) is 0 Å². The summed E-state index contributed by atoms with van der Waals surface area (Å²) in [5, 5.41) is 0. The predicted octanol–water partition coefficient (Wildman–Crippen LogP) is 2.13. The SMILES string of the molecule is I[C@@]12CCC[C@@H]1OCC2. The Morgan fingerprint density at radius 3 is 3.11 bits per heavy atom. The van der Waals surface area contributed by atoms with Gasteiger partial charge in [-0.3, -0.25) is 0 Å². The second kappa shape index (κ2) is 2.09. The highest BCUT2D eigenvalue weighted by atomic mass is 127. The van der Waals surface area contributed by atoms with Crippen LogP contribution in [0.3, 0.4) is 0 Å². The van der Waals surface area contributed by atoms with Crippen molar-refractivity contribution in [3.05, 3.63) is 0 Å². The van der Waals surface area contributed by atoms with Crippen LogP contribution >= 0.6 is 22.6 Å². The molecule has 1 heterocycles. The first-order valence-corrected chi connectivity index (χ1v) is 4.70. The molecule has 0 spiro atoms. The molecular weight excluding hydrogens is 227 g/mol. The summed E-state index contributed by atoms with van der Waals surface area (Å²) in [6.45, 7) is 1.01. The molecule has 0 aromatic rings. The topological polar surface area (TPSA) is 9.23 Å². The average molecular weight is 238 g/mol. The predicted molar refractivity (Wildman–Crippen MR) is 45.0 cm³/mol. The molecule has 0 amide bonds.